The molecule has 0 amide bonds. The second kappa shape index (κ2) is 7.33. The monoisotopic (exact) mass is 388 g/mol. The second-order valence-electron chi connectivity index (χ2n) is 5.47. The molecule has 7 nitrogen and oxygen atoms in total. The molecule has 0 saturated heterocycles. The summed E-state index contributed by atoms with van der Waals surface area (Å²) in [6, 6.07) is 8.85. The van der Waals surface area contributed by atoms with Gasteiger partial charge < -0.3 is 5.32 Å². The molecule has 2 heterocycles. The van der Waals surface area contributed by atoms with Crippen LogP contribution in [0.2, 0.25) is 5.15 Å². The lowest BCUT2D eigenvalue weighted by Gasteiger charge is -2.10. The molecule has 0 aliphatic rings. The minimum Gasteiger partial charge on any atom is -0.380 e. The molecule has 0 saturated carbocycles. The lowest BCUT2D eigenvalue weighted by Crippen LogP contribution is -2.16. The van der Waals surface area contributed by atoms with E-state index in [0.717, 1.165) is 11.3 Å². The maximum Gasteiger partial charge on any atom is 0.162 e. The Hall–Kier alpha value is -2.60. The van der Waals surface area contributed by atoms with E-state index in [1.807, 2.05) is 18.2 Å². The summed E-state index contributed by atoms with van der Waals surface area (Å²) >= 11 is 6.25. The van der Waals surface area contributed by atoms with Gasteiger partial charge in [0, 0.05) is 12.7 Å². The van der Waals surface area contributed by atoms with Gasteiger partial charge in [0.2, 0.25) is 0 Å². The lowest BCUT2D eigenvalue weighted by atomic mass is 10.2. The molecule has 1 atom stereocenters. The summed E-state index contributed by atoms with van der Waals surface area (Å²) in [7, 11) is -1.44. The van der Waals surface area contributed by atoms with Crippen molar-refractivity contribution in [2.75, 3.05) is 12.4 Å². The molecule has 0 aliphatic heterocycles. The molecule has 0 radical (unpaired) electrons. The van der Waals surface area contributed by atoms with Gasteiger partial charge >= 0.3 is 0 Å². The Morgan fingerprint density at radius 1 is 1.35 bits per heavy atom. The van der Waals surface area contributed by atoms with Gasteiger partial charge in [-0.05, 0) is 30.8 Å². The first-order valence-electron chi connectivity index (χ1n) is 7.71. The second-order valence-corrected chi connectivity index (χ2v) is 7.82. The number of nitrogens with zero attached hydrogens (tertiary/aromatic N) is 3. The number of nitrogens with one attached hydrogen (secondary N) is 3. The first-order chi connectivity index (χ1) is 12.5. The molecule has 9 heteroatoms. The number of benzene rings is 1. The van der Waals surface area contributed by atoms with Gasteiger partial charge in [0.25, 0.3) is 0 Å². The third-order valence-electron chi connectivity index (χ3n) is 3.86. The Bertz CT molecular complexity index is 1080. The molecular weight excluding hydrogens is 372 g/mol. The lowest BCUT2D eigenvalue weighted by molar-refractivity contribution is 0.668. The molecule has 26 heavy (non-hydrogen) atoms. The summed E-state index contributed by atoms with van der Waals surface area (Å²) in [6.07, 6.45) is 7.02. The van der Waals surface area contributed by atoms with E-state index in [-0.39, 0.29) is 0 Å². The predicted octanol–water partition coefficient (Wildman–Crippen LogP) is 2.87. The smallest absolute Gasteiger partial charge is 0.162 e. The van der Waals surface area contributed by atoms with Gasteiger partial charge in [0.05, 0.1) is 16.0 Å². The number of hydrogen-bond acceptors (Lipinski definition) is 5. The Morgan fingerprint density at radius 2 is 2.08 bits per heavy atom. The molecule has 1 unspecified atom stereocenters. The van der Waals surface area contributed by atoms with Crippen molar-refractivity contribution >= 4 is 38.2 Å². The van der Waals surface area contributed by atoms with E-state index in [1.54, 1.807) is 23.0 Å². The van der Waals surface area contributed by atoms with Gasteiger partial charge in [-0.15, -0.1) is 6.42 Å². The number of halogens is 1. The van der Waals surface area contributed by atoms with Crippen LogP contribution in [0.25, 0.3) is 11.0 Å². The molecule has 3 N–H and O–H groups in total. The van der Waals surface area contributed by atoms with Gasteiger partial charge in [-0.25, -0.2) is 23.4 Å². The summed E-state index contributed by atoms with van der Waals surface area (Å²) in [6.45, 7) is 0.813. The Labute approximate surface area is 156 Å². The normalized spacial score (nSPS) is 13.3. The highest BCUT2D eigenvalue weighted by atomic mass is 35.5. The average molecular weight is 389 g/mol. The fourth-order valence-corrected chi connectivity index (χ4v) is 3.54. The first-order valence-corrected chi connectivity index (χ1v) is 9.64. The van der Waals surface area contributed by atoms with Crippen LogP contribution in [-0.4, -0.2) is 26.0 Å². The van der Waals surface area contributed by atoms with E-state index >= 15 is 0 Å². The van der Waals surface area contributed by atoms with Gasteiger partial charge in [0.15, 0.2) is 10.8 Å². The van der Waals surface area contributed by atoms with Crippen molar-refractivity contribution in [3.05, 3.63) is 47.2 Å². The standard InChI is InChI=1S/C17H17ClN6OS/c1-3-10-24-17-15(16(18)23-24)14(8-9-21-17)22-11-12-4-6-13(7-5-12)26(19,25)20-2/h1,4-9H,10-11H2,2H3,(H,21,22)(H2,19,20,25). The van der Waals surface area contributed by atoms with Crippen molar-refractivity contribution in [1.82, 2.24) is 19.5 Å². The minimum atomic E-state index is -2.94. The average Bonchev–Trinajstić information content (AvgIpc) is 2.97. The van der Waals surface area contributed by atoms with Crippen LogP contribution in [0.1, 0.15) is 5.56 Å². The summed E-state index contributed by atoms with van der Waals surface area (Å²) in [5.74, 6) is 2.53. The van der Waals surface area contributed by atoms with Gasteiger partial charge in [-0.3, -0.25) is 0 Å². The Balaban J connectivity index is 1.83. The highest BCUT2D eigenvalue weighted by Crippen LogP contribution is 2.29. The maximum absolute atomic E-state index is 12.0. The number of terminal acetylenes is 1. The van der Waals surface area contributed by atoms with Crippen LogP contribution in [0, 0.1) is 17.1 Å². The van der Waals surface area contributed by atoms with E-state index in [4.69, 9.17) is 22.8 Å². The number of anilines is 1. The third-order valence-corrected chi connectivity index (χ3v) is 5.63. The van der Waals surface area contributed by atoms with Crippen molar-refractivity contribution in [2.45, 2.75) is 18.0 Å². The molecule has 134 valence electrons. The zero-order valence-corrected chi connectivity index (χ0v) is 15.6. The molecule has 3 aromatic rings. The van der Waals surface area contributed by atoms with E-state index in [9.17, 15) is 4.21 Å². The van der Waals surface area contributed by atoms with Gasteiger partial charge in [-0.1, -0.05) is 29.7 Å². The van der Waals surface area contributed by atoms with Crippen LogP contribution in [-0.2, 0) is 23.0 Å². The number of pyridine rings is 1. The highest BCUT2D eigenvalue weighted by Gasteiger charge is 2.13. The fraction of sp³-hybridized carbons (Fsp3) is 0.176. The van der Waals surface area contributed by atoms with Crippen molar-refractivity contribution in [3.63, 3.8) is 0 Å². The number of rotatable bonds is 6. The van der Waals surface area contributed by atoms with Gasteiger partial charge in [0.1, 0.15) is 16.5 Å². The fourth-order valence-electron chi connectivity index (χ4n) is 2.51. The van der Waals surface area contributed by atoms with Crippen LogP contribution in [0.4, 0.5) is 5.69 Å². The topological polar surface area (TPSA) is 95.7 Å². The van der Waals surface area contributed by atoms with E-state index in [0.29, 0.717) is 34.2 Å². The molecule has 0 bridgehead atoms. The maximum atomic E-state index is 12.0. The summed E-state index contributed by atoms with van der Waals surface area (Å²) in [5.41, 5.74) is 2.39. The summed E-state index contributed by atoms with van der Waals surface area (Å²) in [4.78, 5) is 4.74. The predicted molar refractivity (Wildman–Crippen MR) is 103 cm³/mol. The Morgan fingerprint density at radius 3 is 2.73 bits per heavy atom. The Kier molecular flexibility index (Phi) is 5.13. The van der Waals surface area contributed by atoms with E-state index in [1.165, 1.54) is 7.05 Å². The highest BCUT2D eigenvalue weighted by molar-refractivity contribution is 7.90. The number of aromatic nitrogens is 3. The van der Waals surface area contributed by atoms with Crippen molar-refractivity contribution < 1.29 is 4.21 Å². The van der Waals surface area contributed by atoms with Crippen LogP contribution < -0.4 is 10.0 Å². The van der Waals surface area contributed by atoms with Crippen LogP contribution in [0.3, 0.4) is 0 Å². The van der Waals surface area contributed by atoms with Crippen LogP contribution in [0.5, 0.6) is 0 Å². The first kappa shape index (κ1) is 18.2. The number of hydrogen-bond donors (Lipinski definition) is 3. The molecule has 3 rings (SSSR count). The quantitative estimate of drug-likeness (QED) is 0.566. The minimum absolute atomic E-state index is 0.291. The summed E-state index contributed by atoms with van der Waals surface area (Å²) < 4.78 is 23.8. The zero-order valence-electron chi connectivity index (χ0n) is 14.0. The molecular formula is C17H17ClN6OS. The molecule has 0 fully saturated rings. The largest absolute Gasteiger partial charge is 0.380 e. The van der Waals surface area contributed by atoms with Crippen molar-refractivity contribution in [1.29, 1.82) is 4.78 Å². The third kappa shape index (κ3) is 3.51. The van der Waals surface area contributed by atoms with Gasteiger partial charge in [-0.2, -0.15) is 5.10 Å². The molecule has 0 aliphatic carbocycles. The molecule has 0 spiro atoms. The van der Waals surface area contributed by atoms with Crippen LogP contribution >= 0.6 is 11.6 Å². The SMILES string of the molecule is C#CCn1nc(Cl)c2c(NCc3ccc(S(=N)(=O)NC)cc3)ccnc21. The van der Waals surface area contributed by atoms with E-state index < -0.39 is 9.92 Å². The van der Waals surface area contributed by atoms with Crippen molar-refractivity contribution in [2.24, 2.45) is 0 Å². The molecule has 1 aromatic carbocycles. The zero-order chi connectivity index (χ0) is 18.7. The van der Waals surface area contributed by atoms with Crippen LogP contribution in [0.15, 0.2) is 41.4 Å². The van der Waals surface area contributed by atoms with E-state index in [2.05, 4.69) is 26.0 Å². The number of fused-ring (bicyclic) bond motifs is 1. The summed E-state index contributed by atoms with van der Waals surface area (Å²) in [5, 5.41) is 8.58. The molecule has 2 aromatic heterocycles. The van der Waals surface area contributed by atoms with Crippen molar-refractivity contribution in [3.8, 4) is 12.3 Å².